The van der Waals surface area contributed by atoms with Crippen LogP contribution in [-0.4, -0.2) is 12.4 Å². The molecule has 0 atom stereocenters. The smallest absolute Gasteiger partial charge is 0.0426 e. The number of rotatable bonds is 3. The van der Waals surface area contributed by atoms with E-state index in [-0.39, 0.29) is 0 Å². The predicted octanol–water partition coefficient (Wildman–Crippen LogP) is 3.30. The van der Waals surface area contributed by atoms with E-state index in [4.69, 9.17) is 23.2 Å². The number of nitrogens with one attached hydrogen (secondary N) is 1. The van der Waals surface area contributed by atoms with Gasteiger partial charge in [-0.3, -0.25) is 0 Å². The first-order valence-electron chi connectivity index (χ1n) is 3.80. The van der Waals surface area contributed by atoms with Crippen LogP contribution in [0.5, 0.6) is 0 Å². The molecule has 0 aliphatic rings. The van der Waals surface area contributed by atoms with E-state index in [1.807, 2.05) is 25.1 Å². The van der Waals surface area contributed by atoms with Crippen molar-refractivity contribution in [3.63, 3.8) is 0 Å². The first-order chi connectivity index (χ1) is 5.74. The SMILES string of the molecule is Cc1ccc(Cl)cc1NCCCl. The lowest BCUT2D eigenvalue weighted by Crippen LogP contribution is -2.03. The first kappa shape index (κ1) is 9.69. The van der Waals surface area contributed by atoms with Gasteiger partial charge in [0.25, 0.3) is 0 Å². The third-order valence-electron chi connectivity index (χ3n) is 1.61. The summed E-state index contributed by atoms with van der Waals surface area (Å²) in [5.41, 5.74) is 2.24. The van der Waals surface area contributed by atoms with Crippen LogP contribution in [0.4, 0.5) is 5.69 Å². The number of anilines is 1. The van der Waals surface area contributed by atoms with E-state index in [1.165, 1.54) is 5.56 Å². The zero-order chi connectivity index (χ0) is 8.97. The second-order valence-electron chi connectivity index (χ2n) is 2.58. The molecule has 0 bridgehead atoms. The molecule has 66 valence electrons. The molecule has 0 saturated carbocycles. The summed E-state index contributed by atoms with van der Waals surface area (Å²) >= 11 is 11.4. The molecule has 1 nitrogen and oxygen atoms in total. The van der Waals surface area contributed by atoms with Gasteiger partial charge in [0, 0.05) is 23.1 Å². The quantitative estimate of drug-likeness (QED) is 0.745. The Bertz CT molecular complexity index is 261. The van der Waals surface area contributed by atoms with Crippen LogP contribution in [-0.2, 0) is 0 Å². The second-order valence-corrected chi connectivity index (χ2v) is 3.39. The monoisotopic (exact) mass is 203 g/mol. The molecule has 1 aromatic carbocycles. The molecule has 12 heavy (non-hydrogen) atoms. The summed E-state index contributed by atoms with van der Waals surface area (Å²) in [6.07, 6.45) is 0. The lowest BCUT2D eigenvalue weighted by atomic mass is 10.2. The van der Waals surface area contributed by atoms with Gasteiger partial charge in [-0.1, -0.05) is 17.7 Å². The molecule has 0 aromatic heterocycles. The summed E-state index contributed by atoms with van der Waals surface area (Å²) in [7, 11) is 0. The summed E-state index contributed by atoms with van der Waals surface area (Å²) < 4.78 is 0. The Morgan fingerprint density at radius 3 is 2.83 bits per heavy atom. The standard InChI is InChI=1S/C9H11Cl2N/c1-7-2-3-8(11)6-9(7)12-5-4-10/h2-3,6,12H,4-5H2,1H3. The maximum absolute atomic E-state index is 5.82. The number of alkyl halides is 1. The fourth-order valence-corrected chi connectivity index (χ4v) is 1.23. The van der Waals surface area contributed by atoms with E-state index in [0.29, 0.717) is 5.88 Å². The average molecular weight is 204 g/mol. The Morgan fingerprint density at radius 2 is 2.17 bits per heavy atom. The molecular formula is C9H11Cl2N. The van der Waals surface area contributed by atoms with Crippen molar-refractivity contribution in [2.45, 2.75) is 6.92 Å². The van der Waals surface area contributed by atoms with Crippen LogP contribution < -0.4 is 5.32 Å². The molecule has 0 heterocycles. The number of benzene rings is 1. The molecule has 1 aromatic rings. The van der Waals surface area contributed by atoms with Crippen LogP contribution >= 0.6 is 23.2 Å². The zero-order valence-electron chi connectivity index (χ0n) is 6.90. The molecule has 1 N–H and O–H groups in total. The van der Waals surface area contributed by atoms with Gasteiger partial charge >= 0.3 is 0 Å². The lowest BCUT2D eigenvalue weighted by Gasteiger charge is -2.07. The predicted molar refractivity (Wildman–Crippen MR) is 55.4 cm³/mol. The highest BCUT2D eigenvalue weighted by Crippen LogP contribution is 2.19. The zero-order valence-corrected chi connectivity index (χ0v) is 8.41. The summed E-state index contributed by atoms with van der Waals surface area (Å²) in [5, 5.41) is 3.93. The number of hydrogen-bond donors (Lipinski definition) is 1. The Labute approximate surface area is 82.7 Å². The summed E-state index contributed by atoms with van der Waals surface area (Å²) in [6, 6.07) is 5.77. The van der Waals surface area contributed by atoms with E-state index < -0.39 is 0 Å². The number of halogens is 2. The third kappa shape index (κ3) is 2.58. The Kier molecular flexibility index (Phi) is 3.70. The topological polar surface area (TPSA) is 12.0 Å². The molecule has 1 rings (SSSR count). The molecule has 3 heteroatoms. The van der Waals surface area contributed by atoms with Crippen LogP contribution in [0.25, 0.3) is 0 Å². The van der Waals surface area contributed by atoms with E-state index in [2.05, 4.69) is 5.32 Å². The van der Waals surface area contributed by atoms with Gasteiger partial charge in [-0.15, -0.1) is 11.6 Å². The highest BCUT2D eigenvalue weighted by atomic mass is 35.5. The highest BCUT2D eigenvalue weighted by Gasteiger charge is 1.96. The fourth-order valence-electron chi connectivity index (χ4n) is 0.967. The van der Waals surface area contributed by atoms with E-state index in [0.717, 1.165) is 17.3 Å². The van der Waals surface area contributed by atoms with Gasteiger partial charge in [-0.05, 0) is 24.6 Å². The van der Waals surface area contributed by atoms with Crippen molar-refractivity contribution < 1.29 is 0 Å². The molecule has 0 spiro atoms. The van der Waals surface area contributed by atoms with Gasteiger partial charge in [0.05, 0.1) is 0 Å². The lowest BCUT2D eigenvalue weighted by molar-refractivity contribution is 1.21. The number of aryl methyl sites for hydroxylation is 1. The average Bonchev–Trinajstić information content (AvgIpc) is 2.07. The molecule has 0 radical (unpaired) electrons. The second kappa shape index (κ2) is 4.58. The third-order valence-corrected chi connectivity index (χ3v) is 2.03. The number of hydrogen-bond acceptors (Lipinski definition) is 1. The van der Waals surface area contributed by atoms with Crippen LogP contribution in [0.2, 0.25) is 5.02 Å². The molecule has 0 fully saturated rings. The van der Waals surface area contributed by atoms with Crippen molar-refractivity contribution in [2.24, 2.45) is 0 Å². The van der Waals surface area contributed by atoms with E-state index in [1.54, 1.807) is 0 Å². The minimum absolute atomic E-state index is 0.603. The van der Waals surface area contributed by atoms with Crippen molar-refractivity contribution in [1.29, 1.82) is 0 Å². The Balaban J connectivity index is 2.75. The van der Waals surface area contributed by atoms with Gasteiger partial charge in [0.1, 0.15) is 0 Å². The van der Waals surface area contributed by atoms with Gasteiger partial charge in [0.2, 0.25) is 0 Å². The molecule has 0 aliphatic carbocycles. The van der Waals surface area contributed by atoms with Crippen molar-refractivity contribution in [3.05, 3.63) is 28.8 Å². The van der Waals surface area contributed by atoms with Gasteiger partial charge in [-0.25, -0.2) is 0 Å². The maximum atomic E-state index is 5.82. The van der Waals surface area contributed by atoms with Crippen molar-refractivity contribution in [2.75, 3.05) is 17.7 Å². The minimum atomic E-state index is 0.603. The molecule has 0 aliphatic heterocycles. The summed E-state index contributed by atoms with van der Waals surface area (Å²) in [5.74, 6) is 0.603. The molecule has 0 amide bonds. The van der Waals surface area contributed by atoms with Crippen LogP contribution in [0, 0.1) is 6.92 Å². The molecule has 0 unspecified atom stereocenters. The summed E-state index contributed by atoms with van der Waals surface area (Å²) in [6.45, 7) is 2.80. The molecular weight excluding hydrogens is 193 g/mol. The van der Waals surface area contributed by atoms with Crippen molar-refractivity contribution in [1.82, 2.24) is 0 Å². The Morgan fingerprint density at radius 1 is 1.42 bits per heavy atom. The minimum Gasteiger partial charge on any atom is -0.384 e. The van der Waals surface area contributed by atoms with Crippen LogP contribution in [0.15, 0.2) is 18.2 Å². The van der Waals surface area contributed by atoms with Gasteiger partial charge in [0.15, 0.2) is 0 Å². The van der Waals surface area contributed by atoms with E-state index >= 15 is 0 Å². The highest BCUT2D eigenvalue weighted by molar-refractivity contribution is 6.30. The fraction of sp³-hybridized carbons (Fsp3) is 0.333. The van der Waals surface area contributed by atoms with Crippen LogP contribution in [0.3, 0.4) is 0 Å². The van der Waals surface area contributed by atoms with Gasteiger partial charge in [-0.2, -0.15) is 0 Å². The van der Waals surface area contributed by atoms with E-state index in [9.17, 15) is 0 Å². The first-order valence-corrected chi connectivity index (χ1v) is 4.71. The van der Waals surface area contributed by atoms with Crippen molar-refractivity contribution in [3.8, 4) is 0 Å². The van der Waals surface area contributed by atoms with Gasteiger partial charge < -0.3 is 5.32 Å². The maximum Gasteiger partial charge on any atom is 0.0426 e. The van der Waals surface area contributed by atoms with Crippen molar-refractivity contribution >= 4 is 28.9 Å². The van der Waals surface area contributed by atoms with Crippen LogP contribution in [0.1, 0.15) is 5.56 Å². The largest absolute Gasteiger partial charge is 0.384 e. The normalized spacial score (nSPS) is 9.92. The molecule has 0 saturated heterocycles. The summed E-state index contributed by atoms with van der Waals surface area (Å²) in [4.78, 5) is 0. The Hall–Kier alpha value is -0.400.